The van der Waals surface area contributed by atoms with E-state index in [9.17, 15) is 22.4 Å². The number of aromatic nitrogens is 1. The second-order valence-corrected chi connectivity index (χ2v) is 8.97. The Labute approximate surface area is 188 Å². The van der Waals surface area contributed by atoms with Crippen molar-refractivity contribution < 1.29 is 22.4 Å². The Morgan fingerprint density at radius 1 is 1.03 bits per heavy atom. The van der Waals surface area contributed by atoms with Crippen molar-refractivity contribution in [3.8, 4) is 0 Å². The van der Waals surface area contributed by atoms with Crippen molar-refractivity contribution in [1.82, 2.24) is 9.88 Å². The zero-order chi connectivity index (χ0) is 23.2. The monoisotopic (exact) mass is 457 g/mol. The number of benzene rings is 2. The average Bonchev–Trinajstić information content (AvgIpc) is 2.78. The molecule has 1 saturated carbocycles. The molecular weight excluding hydrogens is 434 g/mol. The van der Waals surface area contributed by atoms with Gasteiger partial charge in [-0.2, -0.15) is 13.2 Å². The molecule has 2 heterocycles. The standard InChI is InChI=1S/C25H23F4N3O/c26-18-3-6-22-21(15-18)20(9-13-30-22)16-7-10-24(11-8-16)12-14-32(24)23(33)31-19-4-1-17(2-5-19)25(27,28)29/h1-6,9,13,15-16H,7-8,10-12,14H2,(H,31,33). The number of pyridine rings is 1. The van der Waals surface area contributed by atoms with E-state index in [-0.39, 0.29) is 23.3 Å². The molecule has 5 rings (SSSR count). The van der Waals surface area contributed by atoms with E-state index < -0.39 is 11.7 Å². The van der Waals surface area contributed by atoms with Crippen LogP contribution in [0.15, 0.2) is 54.7 Å². The predicted molar refractivity (Wildman–Crippen MR) is 117 cm³/mol. The number of carbonyl (C=O) groups is 1. The molecule has 0 bridgehead atoms. The molecule has 1 spiro atoms. The number of nitrogens with one attached hydrogen (secondary N) is 1. The maximum atomic E-state index is 13.8. The number of alkyl halides is 3. The number of hydrogen-bond donors (Lipinski definition) is 1. The third kappa shape index (κ3) is 4.03. The second-order valence-electron chi connectivity index (χ2n) is 8.97. The van der Waals surface area contributed by atoms with E-state index in [0.29, 0.717) is 12.2 Å². The molecule has 172 valence electrons. The van der Waals surface area contributed by atoms with Gasteiger partial charge in [0.15, 0.2) is 0 Å². The zero-order valence-electron chi connectivity index (χ0n) is 17.8. The van der Waals surface area contributed by atoms with Crippen LogP contribution >= 0.6 is 0 Å². The molecule has 1 saturated heterocycles. The molecular formula is C25H23F4N3O. The van der Waals surface area contributed by atoms with E-state index in [0.717, 1.165) is 60.7 Å². The number of hydrogen-bond acceptors (Lipinski definition) is 2. The van der Waals surface area contributed by atoms with Gasteiger partial charge in [0, 0.05) is 29.4 Å². The number of carbonyl (C=O) groups excluding carboxylic acids is 1. The van der Waals surface area contributed by atoms with Gasteiger partial charge in [-0.05, 0) is 92.1 Å². The molecule has 2 aliphatic rings. The van der Waals surface area contributed by atoms with Gasteiger partial charge >= 0.3 is 12.2 Å². The Morgan fingerprint density at radius 3 is 2.39 bits per heavy atom. The summed E-state index contributed by atoms with van der Waals surface area (Å²) in [6.45, 7) is 0.626. The van der Waals surface area contributed by atoms with E-state index in [1.54, 1.807) is 12.3 Å². The summed E-state index contributed by atoms with van der Waals surface area (Å²) < 4.78 is 52.1. The van der Waals surface area contributed by atoms with Crippen molar-refractivity contribution in [2.45, 2.75) is 49.7 Å². The van der Waals surface area contributed by atoms with Crippen LogP contribution in [-0.2, 0) is 6.18 Å². The van der Waals surface area contributed by atoms with Gasteiger partial charge < -0.3 is 10.2 Å². The van der Waals surface area contributed by atoms with Crippen molar-refractivity contribution >= 4 is 22.6 Å². The summed E-state index contributed by atoms with van der Waals surface area (Å²) in [5, 5.41) is 3.57. The number of nitrogens with zero attached hydrogens (tertiary/aromatic N) is 2. The molecule has 0 unspecified atom stereocenters. The summed E-state index contributed by atoms with van der Waals surface area (Å²) in [4.78, 5) is 19.0. The first-order valence-electron chi connectivity index (χ1n) is 11.1. The lowest BCUT2D eigenvalue weighted by Gasteiger charge is -2.56. The van der Waals surface area contributed by atoms with Crippen LogP contribution in [0, 0.1) is 5.82 Å². The minimum atomic E-state index is -4.41. The Hall–Kier alpha value is -3.16. The van der Waals surface area contributed by atoms with Crippen molar-refractivity contribution in [2.75, 3.05) is 11.9 Å². The highest BCUT2D eigenvalue weighted by molar-refractivity contribution is 5.90. The molecule has 33 heavy (non-hydrogen) atoms. The van der Waals surface area contributed by atoms with Crippen LogP contribution < -0.4 is 5.32 Å². The minimum absolute atomic E-state index is 0.222. The molecule has 1 aromatic heterocycles. The number of amides is 2. The smallest absolute Gasteiger partial charge is 0.319 e. The number of anilines is 1. The molecule has 8 heteroatoms. The molecule has 1 aliphatic carbocycles. The summed E-state index contributed by atoms with van der Waals surface area (Å²) in [6.07, 6.45) is 1.67. The van der Waals surface area contributed by atoms with Gasteiger partial charge in [-0.25, -0.2) is 9.18 Å². The van der Waals surface area contributed by atoms with E-state index in [2.05, 4.69) is 10.3 Å². The summed E-state index contributed by atoms with van der Waals surface area (Å²) in [6, 6.07) is 10.8. The van der Waals surface area contributed by atoms with Crippen molar-refractivity contribution in [1.29, 1.82) is 0 Å². The molecule has 1 aliphatic heterocycles. The SMILES string of the molecule is O=C(Nc1ccc(C(F)(F)F)cc1)N1CCC12CCC(c1ccnc3ccc(F)cc13)CC2. The van der Waals surface area contributed by atoms with Gasteiger partial charge in [0.25, 0.3) is 0 Å². The number of rotatable bonds is 2. The molecule has 0 atom stereocenters. The molecule has 0 radical (unpaired) electrons. The number of halogens is 4. The highest BCUT2D eigenvalue weighted by Gasteiger charge is 2.49. The Bertz CT molecular complexity index is 1180. The summed E-state index contributed by atoms with van der Waals surface area (Å²) in [5.41, 5.74) is 1.24. The fraction of sp³-hybridized carbons (Fsp3) is 0.360. The van der Waals surface area contributed by atoms with Crippen LogP contribution in [0.4, 0.5) is 28.0 Å². The lowest BCUT2D eigenvalue weighted by Crippen LogP contribution is -2.64. The second kappa shape index (κ2) is 8.01. The van der Waals surface area contributed by atoms with E-state index in [1.165, 1.54) is 24.3 Å². The first-order chi connectivity index (χ1) is 15.7. The Kier molecular flexibility index (Phi) is 5.26. The van der Waals surface area contributed by atoms with Crippen LogP contribution in [0.25, 0.3) is 10.9 Å². The van der Waals surface area contributed by atoms with Crippen molar-refractivity contribution in [3.63, 3.8) is 0 Å². The summed E-state index contributed by atoms with van der Waals surface area (Å²) in [7, 11) is 0. The quantitative estimate of drug-likeness (QED) is 0.434. The number of fused-ring (bicyclic) bond motifs is 1. The maximum absolute atomic E-state index is 13.8. The molecule has 2 amide bonds. The topological polar surface area (TPSA) is 45.2 Å². The van der Waals surface area contributed by atoms with Gasteiger partial charge in [-0.1, -0.05) is 0 Å². The van der Waals surface area contributed by atoms with Gasteiger partial charge in [0.2, 0.25) is 0 Å². The zero-order valence-corrected chi connectivity index (χ0v) is 17.8. The largest absolute Gasteiger partial charge is 0.416 e. The molecule has 1 N–H and O–H groups in total. The predicted octanol–water partition coefficient (Wildman–Crippen LogP) is 6.73. The lowest BCUT2D eigenvalue weighted by molar-refractivity contribution is -0.137. The Morgan fingerprint density at radius 2 is 1.76 bits per heavy atom. The van der Waals surface area contributed by atoms with E-state index >= 15 is 0 Å². The van der Waals surface area contributed by atoms with Crippen LogP contribution in [0.3, 0.4) is 0 Å². The molecule has 4 nitrogen and oxygen atoms in total. The third-order valence-electron chi connectivity index (χ3n) is 7.18. The van der Waals surface area contributed by atoms with Gasteiger partial charge in [0.1, 0.15) is 5.82 Å². The molecule has 3 aromatic rings. The van der Waals surface area contributed by atoms with Crippen molar-refractivity contribution in [2.24, 2.45) is 0 Å². The van der Waals surface area contributed by atoms with Crippen LogP contribution in [0.5, 0.6) is 0 Å². The normalized spacial score (nSPS) is 22.9. The maximum Gasteiger partial charge on any atom is 0.416 e. The Balaban J connectivity index is 1.26. The summed E-state index contributed by atoms with van der Waals surface area (Å²) >= 11 is 0. The molecule has 2 fully saturated rings. The highest BCUT2D eigenvalue weighted by atomic mass is 19.4. The lowest BCUT2D eigenvalue weighted by atomic mass is 9.68. The van der Waals surface area contributed by atoms with Crippen LogP contribution in [-0.4, -0.2) is 28.0 Å². The molecule has 2 aromatic carbocycles. The first-order valence-corrected chi connectivity index (χ1v) is 11.1. The fourth-order valence-corrected chi connectivity index (χ4v) is 5.27. The first kappa shape index (κ1) is 21.7. The average molecular weight is 457 g/mol. The number of urea groups is 1. The highest BCUT2D eigenvalue weighted by Crippen LogP contribution is 2.48. The van der Waals surface area contributed by atoms with Gasteiger partial charge in [-0.15, -0.1) is 0 Å². The van der Waals surface area contributed by atoms with E-state index in [4.69, 9.17) is 0 Å². The van der Waals surface area contributed by atoms with Gasteiger partial charge in [-0.3, -0.25) is 4.98 Å². The number of likely N-dealkylation sites (tertiary alicyclic amines) is 1. The van der Waals surface area contributed by atoms with Crippen LogP contribution in [0.1, 0.15) is 49.1 Å². The van der Waals surface area contributed by atoms with Gasteiger partial charge in [0.05, 0.1) is 11.1 Å². The van der Waals surface area contributed by atoms with E-state index in [1.807, 2.05) is 11.0 Å². The minimum Gasteiger partial charge on any atom is -0.319 e. The summed E-state index contributed by atoms with van der Waals surface area (Å²) in [5.74, 6) is -0.0162. The third-order valence-corrected chi connectivity index (χ3v) is 7.18. The fourth-order valence-electron chi connectivity index (χ4n) is 5.27. The van der Waals surface area contributed by atoms with Crippen LogP contribution in [0.2, 0.25) is 0 Å². The van der Waals surface area contributed by atoms with Crippen molar-refractivity contribution in [3.05, 3.63) is 71.7 Å².